The van der Waals surface area contributed by atoms with Gasteiger partial charge in [-0.15, -0.1) is 0 Å². The molecule has 0 aromatic carbocycles. The lowest BCUT2D eigenvalue weighted by molar-refractivity contribution is 0.0464. The Labute approximate surface area is 127 Å². The Morgan fingerprint density at radius 2 is 2.15 bits per heavy atom. The predicted molar refractivity (Wildman–Crippen MR) is 79.4 cm³/mol. The van der Waals surface area contributed by atoms with Crippen LogP contribution in [0.3, 0.4) is 0 Å². The van der Waals surface area contributed by atoms with Crippen molar-refractivity contribution in [2.24, 2.45) is 0 Å². The maximum absolute atomic E-state index is 11.6. The molecule has 0 bridgehead atoms. The second-order valence-electron chi connectivity index (χ2n) is 6.08. The molecule has 6 heteroatoms. The van der Waals surface area contributed by atoms with Gasteiger partial charge in [0.2, 0.25) is 0 Å². The third kappa shape index (κ3) is 4.52. The van der Waals surface area contributed by atoms with E-state index in [1.807, 2.05) is 26.8 Å². The van der Waals surface area contributed by atoms with Crippen molar-refractivity contribution in [1.82, 2.24) is 10.6 Å². The minimum absolute atomic E-state index is 0.197. The van der Waals surface area contributed by atoms with E-state index in [1.165, 1.54) is 0 Å². The Bertz CT molecular complexity index is 461. The van der Waals surface area contributed by atoms with Gasteiger partial charge in [-0.2, -0.15) is 0 Å². The van der Waals surface area contributed by atoms with Crippen molar-refractivity contribution in [2.75, 3.05) is 0 Å². The normalized spacial score (nSPS) is 22.2. The fraction of sp³-hybridized carbons (Fsp3) is 0.643. The van der Waals surface area contributed by atoms with Crippen molar-refractivity contribution in [3.05, 3.63) is 22.6 Å². The predicted octanol–water partition coefficient (Wildman–Crippen LogP) is 3.19. The van der Waals surface area contributed by atoms with E-state index in [1.54, 1.807) is 6.26 Å². The molecular weight excluding hydrogens is 324 g/mol. The molecule has 1 heterocycles. The van der Waals surface area contributed by atoms with Crippen molar-refractivity contribution in [3.8, 4) is 0 Å². The lowest BCUT2D eigenvalue weighted by Crippen LogP contribution is -2.52. The number of carbonyl (C=O) groups is 1. The van der Waals surface area contributed by atoms with Gasteiger partial charge >= 0.3 is 6.09 Å². The van der Waals surface area contributed by atoms with E-state index in [0.29, 0.717) is 12.6 Å². The number of nitrogens with one attached hydrogen (secondary N) is 2. The van der Waals surface area contributed by atoms with Crippen LogP contribution >= 0.6 is 15.9 Å². The topological polar surface area (TPSA) is 63.5 Å². The highest BCUT2D eigenvalue weighted by atomic mass is 79.9. The second-order valence-corrected chi connectivity index (χ2v) is 6.94. The summed E-state index contributed by atoms with van der Waals surface area (Å²) in [5.74, 6) is 0.897. The van der Waals surface area contributed by atoms with E-state index in [0.717, 1.165) is 23.1 Å². The molecule has 1 amide bonds. The summed E-state index contributed by atoms with van der Waals surface area (Å²) in [6, 6.07) is 2.49. The average Bonchev–Trinajstić information content (AvgIpc) is 2.64. The summed E-state index contributed by atoms with van der Waals surface area (Å²) in [6.07, 6.45) is 3.15. The highest BCUT2D eigenvalue weighted by Crippen LogP contribution is 2.23. The first-order chi connectivity index (χ1) is 9.33. The molecule has 5 nitrogen and oxygen atoms in total. The smallest absolute Gasteiger partial charge is 0.407 e. The molecule has 1 aromatic heterocycles. The molecule has 112 valence electrons. The molecule has 0 radical (unpaired) electrons. The number of alkyl carbamates (subject to hydrolysis) is 1. The summed E-state index contributed by atoms with van der Waals surface area (Å²) in [6.45, 7) is 6.27. The highest BCUT2D eigenvalue weighted by molar-refractivity contribution is 9.10. The zero-order valence-electron chi connectivity index (χ0n) is 12.0. The molecule has 2 rings (SSSR count). The number of halogens is 1. The van der Waals surface area contributed by atoms with E-state index in [9.17, 15) is 4.79 Å². The number of rotatable bonds is 4. The standard InChI is InChI=1S/C14H21BrN2O3/c1-14(2,3)20-13(18)17-10-6-9(7-10)16-8-12-11(15)4-5-19-12/h4-5,9-10,16H,6-8H2,1-3H3,(H,17,18). The van der Waals surface area contributed by atoms with Crippen LogP contribution in [-0.2, 0) is 11.3 Å². The Hall–Kier alpha value is -1.01. The van der Waals surface area contributed by atoms with Crippen LogP contribution < -0.4 is 10.6 Å². The SMILES string of the molecule is CC(C)(C)OC(=O)NC1CC(NCc2occc2Br)C1. The van der Waals surface area contributed by atoms with Gasteiger partial charge in [0.05, 0.1) is 17.3 Å². The quantitative estimate of drug-likeness (QED) is 0.880. The van der Waals surface area contributed by atoms with Gasteiger partial charge in [0.1, 0.15) is 11.4 Å². The van der Waals surface area contributed by atoms with Gasteiger partial charge in [-0.05, 0) is 55.6 Å². The second kappa shape index (κ2) is 6.18. The van der Waals surface area contributed by atoms with Gasteiger partial charge in [0, 0.05) is 12.1 Å². The first-order valence-corrected chi connectivity index (χ1v) is 7.57. The Balaban J connectivity index is 1.63. The third-order valence-corrected chi connectivity index (χ3v) is 3.81. The van der Waals surface area contributed by atoms with E-state index in [-0.39, 0.29) is 12.1 Å². The van der Waals surface area contributed by atoms with Crippen molar-refractivity contribution < 1.29 is 13.9 Å². The van der Waals surface area contributed by atoms with Gasteiger partial charge in [-0.25, -0.2) is 4.79 Å². The summed E-state index contributed by atoms with van der Waals surface area (Å²) in [5.41, 5.74) is -0.447. The first-order valence-electron chi connectivity index (χ1n) is 6.78. The number of furan rings is 1. The minimum atomic E-state index is -0.447. The van der Waals surface area contributed by atoms with E-state index in [2.05, 4.69) is 26.6 Å². The number of ether oxygens (including phenoxy) is 1. The molecule has 2 N–H and O–H groups in total. The highest BCUT2D eigenvalue weighted by Gasteiger charge is 2.31. The van der Waals surface area contributed by atoms with Crippen molar-refractivity contribution in [3.63, 3.8) is 0 Å². The fourth-order valence-electron chi connectivity index (χ4n) is 2.06. The van der Waals surface area contributed by atoms with E-state index < -0.39 is 5.60 Å². The lowest BCUT2D eigenvalue weighted by atomic mass is 9.87. The maximum atomic E-state index is 11.6. The molecule has 20 heavy (non-hydrogen) atoms. The van der Waals surface area contributed by atoms with Gasteiger partial charge < -0.3 is 19.8 Å². The minimum Gasteiger partial charge on any atom is -0.467 e. The van der Waals surface area contributed by atoms with Crippen LogP contribution in [0.4, 0.5) is 4.79 Å². The zero-order valence-corrected chi connectivity index (χ0v) is 13.6. The molecule has 1 aliphatic rings. The van der Waals surface area contributed by atoms with Gasteiger partial charge in [0.25, 0.3) is 0 Å². The lowest BCUT2D eigenvalue weighted by Gasteiger charge is -2.36. The van der Waals surface area contributed by atoms with E-state index >= 15 is 0 Å². The average molecular weight is 345 g/mol. The third-order valence-electron chi connectivity index (χ3n) is 3.10. The molecule has 0 atom stereocenters. The zero-order chi connectivity index (χ0) is 14.8. The summed E-state index contributed by atoms with van der Waals surface area (Å²) in [4.78, 5) is 11.6. The van der Waals surface area contributed by atoms with Crippen molar-refractivity contribution >= 4 is 22.0 Å². The number of carbonyl (C=O) groups excluding carboxylic acids is 1. The summed E-state index contributed by atoms with van der Waals surface area (Å²) in [7, 11) is 0. The molecule has 1 fully saturated rings. The number of hydrogen-bond acceptors (Lipinski definition) is 4. The molecule has 0 aliphatic heterocycles. The Morgan fingerprint density at radius 3 is 2.70 bits per heavy atom. The number of hydrogen-bond donors (Lipinski definition) is 2. The van der Waals surface area contributed by atoms with Crippen LogP contribution in [0.1, 0.15) is 39.4 Å². The van der Waals surface area contributed by atoms with Crippen LogP contribution in [0.15, 0.2) is 21.2 Å². The van der Waals surface area contributed by atoms with Crippen LogP contribution in [0.25, 0.3) is 0 Å². The van der Waals surface area contributed by atoms with Crippen LogP contribution in [0.2, 0.25) is 0 Å². The number of amides is 1. The largest absolute Gasteiger partial charge is 0.467 e. The van der Waals surface area contributed by atoms with Crippen LogP contribution in [0.5, 0.6) is 0 Å². The molecule has 0 spiro atoms. The fourth-order valence-corrected chi connectivity index (χ4v) is 2.41. The molecule has 1 saturated carbocycles. The van der Waals surface area contributed by atoms with Gasteiger partial charge in [-0.1, -0.05) is 0 Å². The molecular formula is C14H21BrN2O3. The van der Waals surface area contributed by atoms with Crippen LogP contribution in [-0.4, -0.2) is 23.8 Å². The molecule has 0 unspecified atom stereocenters. The maximum Gasteiger partial charge on any atom is 0.407 e. The Kier molecular flexibility index (Phi) is 4.75. The summed E-state index contributed by atoms with van der Waals surface area (Å²) < 4.78 is 11.5. The Morgan fingerprint density at radius 1 is 1.45 bits per heavy atom. The molecule has 0 saturated heterocycles. The molecule has 1 aliphatic carbocycles. The van der Waals surface area contributed by atoms with Gasteiger partial charge in [-0.3, -0.25) is 0 Å². The van der Waals surface area contributed by atoms with Gasteiger partial charge in [0.15, 0.2) is 0 Å². The van der Waals surface area contributed by atoms with Crippen molar-refractivity contribution in [2.45, 2.75) is 57.8 Å². The van der Waals surface area contributed by atoms with Crippen molar-refractivity contribution in [1.29, 1.82) is 0 Å². The van der Waals surface area contributed by atoms with Crippen LogP contribution in [0, 0.1) is 0 Å². The monoisotopic (exact) mass is 344 g/mol. The molecule has 1 aromatic rings. The summed E-state index contributed by atoms with van der Waals surface area (Å²) >= 11 is 3.42. The first kappa shape index (κ1) is 15.4. The summed E-state index contributed by atoms with van der Waals surface area (Å²) in [5, 5.41) is 6.27. The van der Waals surface area contributed by atoms with E-state index in [4.69, 9.17) is 9.15 Å².